The second-order valence-corrected chi connectivity index (χ2v) is 4.09. The van der Waals surface area contributed by atoms with Gasteiger partial charge in [-0.1, -0.05) is 18.2 Å². The molecule has 1 fully saturated rings. The van der Waals surface area contributed by atoms with Crippen molar-refractivity contribution in [1.82, 2.24) is 14.9 Å². The summed E-state index contributed by atoms with van der Waals surface area (Å²) in [7, 11) is 0. The first-order chi connectivity index (χ1) is 8.45. The van der Waals surface area contributed by atoms with Gasteiger partial charge in [-0.15, -0.1) is 0 Å². The van der Waals surface area contributed by atoms with Crippen molar-refractivity contribution < 1.29 is 4.74 Å². The first-order valence-electron chi connectivity index (χ1n) is 5.85. The number of nitrogens with zero attached hydrogens (tertiary/aromatic N) is 2. The van der Waals surface area contributed by atoms with Crippen molar-refractivity contribution in [2.75, 3.05) is 19.7 Å². The molecule has 3 rings (SSSR count). The fraction of sp³-hybridized carbons (Fsp3) is 0.308. The molecule has 1 aromatic carbocycles. The molecule has 1 saturated heterocycles. The van der Waals surface area contributed by atoms with Gasteiger partial charge in [0.25, 0.3) is 0 Å². The van der Waals surface area contributed by atoms with Gasteiger partial charge in [0.1, 0.15) is 6.10 Å². The predicted octanol–water partition coefficient (Wildman–Crippen LogP) is 1.53. The highest BCUT2D eigenvalue weighted by Crippen LogP contribution is 2.21. The van der Waals surface area contributed by atoms with Crippen LogP contribution in [-0.2, 0) is 4.74 Å². The Hall–Kier alpha value is -1.65. The smallest absolute Gasteiger partial charge is 0.112 e. The van der Waals surface area contributed by atoms with Crippen LogP contribution in [0.3, 0.4) is 0 Å². The third-order valence-electron chi connectivity index (χ3n) is 2.96. The Labute approximate surface area is 100 Å². The molecule has 88 valence electrons. The highest BCUT2D eigenvalue weighted by atomic mass is 16.5. The number of ether oxygens (including phenoxy) is 1. The lowest BCUT2D eigenvalue weighted by Crippen LogP contribution is -2.34. The van der Waals surface area contributed by atoms with Crippen LogP contribution in [0.4, 0.5) is 0 Å². The minimum Gasteiger partial charge on any atom is -0.369 e. The molecular weight excluding hydrogens is 214 g/mol. The molecule has 4 heteroatoms. The van der Waals surface area contributed by atoms with Crippen LogP contribution < -0.4 is 5.32 Å². The summed E-state index contributed by atoms with van der Waals surface area (Å²) in [5.41, 5.74) is 2.22. The molecule has 1 atom stereocenters. The fourth-order valence-corrected chi connectivity index (χ4v) is 2.10. The van der Waals surface area contributed by atoms with Crippen LogP contribution in [0.25, 0.3) is 5.69 Å². The minimum atomic E-state index is 0.0893. The van der Waals surface area contributed by atoms with E-state index in [1.165, 1.54) is 0 Å². The lowest BCUT2D eigenvalue weighted by atomic mass is 10.2. The Bertz CT molecular complexity index is 474. The van der Waals surface area contributed by atoms with Crippen LogP contribution in [0, 0.1) is 0 Å². The first-order valence-corrected chi connectivity index (χ1v) is 5.85. The number of imidazole rings is 1. The van der Waals surface area contributed by atoms with Crippen molar-refractivity contribution in [3.8, 4) is 5.69 Å². The zero-order chi connectivity index (χ0) is 11.5. The Kier molecular flexibility index (Phi) is 2.90. The van der Waals surface area contributed by atoms with Gasteiger partial charge in [0.2, 0.25) is 0 Å². The lowest BCUT2D eigenvalue weighted by Gasteiger charge is -2.24. The molecule has 0 radical (unpaired) electrons. The molecule has 0 saturated carbocycles. The fourth-order valence-electron chi connectivity index (χ4n) is 2.10. The Morgan fingerprint density at radius 2 is 2.18 bits per heavy atom. The van der Waals surface area contributed by atoms with E-state index in [9.17, 15) is 0 Å². The summed E-state index contributed by atoms with van der Waals surface area (Å²) in [6, 6.07) is 10.2. The van der Waals surface area contributed by atoms with Gasteiger partial charge in [-0.3, -0.25) is 0 Å². The van der Waals surface area contributed by atoms with Gasteiger partial charge in [0, 0.05) is 18.8 Å². The van der Waals surface area contributed by atoms with E-state index in [2.05, 4.69) is 27.0 Å². The largest absolute Gasteiger partial charge is 0.369 e. The summed E-state index contributed by atoms with van der Waals surface area (Å²) in [5.74, 6) is 0. The van der Waals surface area contributed by atoms with Crippen LogP contribution >= 0.6 is 0 Å². The number of rotatable bonds is 2. The number of nitrogens with one attached hydrogen (secondary N) is 1. The molecule has 1 aliphatic heterocycles. The molecule has 4 nitrogen and oxygen atoms in total. The van der Waals surface area contributed by atoms with E-state index in [-0.39, 0.29) is 6.10 Å². The summed E-state index contributed by atoms with van der Waals surface area (Å²) in [5, 5.41) is 3.34. The molecule has 1 unspecified atom stereocenters. The monoisotopic (exact) mass is 229 g/mol. The SMILES string of the molecule is c1ccc(-n2cncc2C2CNCCO2)cc1. The van der Waals surface area contributed by atoms with Crippen LogP contribution in [0.15, 0.2) is 42.9 Å². The zero-order valence-electron chi connectivity index (χ0n) is 9.54. The van der Waals surface area contributed by atoms with E-state index in [0.29, 0.717) is 0 Å². The summed E-state index contributed by atoms with van der Waals surface area (Å²) in [6.07, 6.45) is 3.80. The van der Waals surface area contributed by atoms with E-state index in [0.717, 1.165) is 31.1 Å². The number of aromatic nitrogens is 2. The maximum Gasteiger partial charge on any atom is 0.112 e. The van der Waals surface area contributed by atoms with Gasteiger partial charge in [0.05, 0.1) is 24.8 Å². The normalized spacial score (nSPS) is 20.4. The summed E-state index contributed by atoms with van der Waals surface area (Å²) in [4.78, 5) is 4.23. The van der Waals surface area contributed by atoms with Crippen molar-refractivity contribution in [2.24, 2.45) is 0 Å². The van der Waals surface area contributed by atoms with Gasteiger partial charge in [-0.25, -0.2) is 4.98 Å². The third kappa shape index (κ3) is 2.09. The molecule has 17 heavy (non-hydrogen) atoms. The highest BCUT2D eigenvalue weighted by Gasteiger charge is 2.19. The van der Waals surface area contributed by atoms with Crippen molar-refractivity contribution in [1.29, 1.82) is 0 Å². The predicted molar refractivity (Wildman–Crippen MR) is 65.1 cm³/mol. The standard InChI is InChI=1S/C13H15N3O/c1-2-4-11(5-3-1)16-10-15-8-12(16)13-9-14-6-7-17-13/h1-5,8,10,13-14H,6-7,9H2. The maximum absolute atomic E-state index is 5.76. The number of para-hydroxylation sites is 1. The minimum absolute atomic E-state index is 0.0893. The van der Waals surface area contributed by atoms with Gasteiger partial charge in [-0.2, -0.15) is 0 Å². The molecule has 0 spiro atoms. The highest BCUT2D eigenvalue weighted by molar-refractivity contribution is 5.33. The van der Waals surface area contributed by atoms with Gasteiger partial charge >= 0.3 is 0 Å². The molecule has 1 N–H and O–H groups in total. The van der Waals surface area contributed by atoms with Gasteiger partial charge in [-0.05, 0) is 12.1 Å². The van der Waals surface area contributed by atoms with Crippen LogP contribution in [0.1, 0.15) is 11.8 Å². The van der Waals surface area contributed by atoms with Crippen molar-refractivity contribution in [3.05, 3.63) is 48.5 Å². The number of hydrogen-bond acceptors (Lipinski definition) is 3. The number of morpholine rings is 1. The van der Waals surface area contributed by atoms with Gasteiger partial charge in [0.15, 0.2) is 0 Å². The number of hydrogen-bond donors (Lipinski definition) is 1. The van der Waals surface area contributed by atoms with E-state index >= 15 is 0 Å². The molecular formula is C13H15N3O. The molecule has 2 aromatic rings. The summed E-state index contributed by atoms with van der Waals surface area (Å²) in [6.45, 7) is 2.53. The van der Waals surface area contributed by atoms with E-state index in [1.54, 1.807) is 0 Å². The summed E-state index contributed by atoms with van der Waals surface area (Å²) >= 11 is 0. The third-order valence-corrected chi connectivity index (χ3v) is 2.96. The van der Waals surface area contributed by atoms with Crippen molar-refractivity contribution >= 4 is 0 Å². The van der Waals surface area contributed by atoms with Crippen LogP contribution in [0.2, 0.25) is 0 Å². The molecule has 0 amide bonds. The molecule has 2 heterocycles. The lowest BCUT2D eigenvalue weighted by molar-refractivity contribution is 0.0240. The Balaban J connectivity index is 1.93. The van der Waals surface area contributed by atoms with E-state index < -0.39 is 0 Å². The maximum atomic E-state index is 5.76. The van der Waals surface area contributed by atoms with E-state index in [1.807, 2.05) is 30.7 Å². The molecule has 0 bridgehead atoms. The first kappa shape index (κ1) is 10.5. The molecule has 1 aliphatic rings. The topological polar surface area (TPSA) is 39.1 Å². The van der Waals surface area contributed by atoms with Crippen molar-refractivity contribution in [2.45, 2.75) is 6.10 Å². The van der Waals surface area contributed by atoms with Gasteiger partial charge < -0.3 is 14.6 Å². The molecule has 0 aliphatic carbocycles. The second kappa shape index (κ2) is 4.69. The molecule has 1 aromatic heterocycles. The van der Waals surface area contributed by atoms with Crippen LogP contribution in [-0.4, -0.2) is 29.2 Å². The van der Waals surface area contributed by atoms with Crippen molar-refractivity contribution in [3.63, 3.8) is 0 Å². The Morgan fingerprint density at radius 1 is 1.29 bits per heavy atom. The average Bonchev–Trinajstić information content (AvgIpc) is 2.90. The number of benzene rings is 1. The second-order valence-electron chi connectivity index (χ2n) is 4.09. The zero-order valence-corrected chi connectivity index (χ0v) is 9.54. The van der Waals surface area contributed by atoms with E-state index in [4.69, 9.17) is 4.74 Å². The average molecular weight is 229 g/mol. The Morgan fingerprint density at radius 3 is 2.94 bits per heavy atom. The van der Waals surface area contributed by atoms with Crippen LogP contribution in [0.5, 0.6) is 0 Å². The quantitative estimate of drug-likeness (QED) is 0.849. The summed E-state index contributed by atoms with van der Waals surface area (Å²) < 4.78 is 7.84.